The minimum atomic E-state index is -0.999. The first-order valence-electron chi connectivity index (χ1n) is 4.84. The molecule has 0 aliphatic carbocycles. The van der Waals surface area contributed by atoms with E-state index in [9.17, 15) is 9.59 Å². The van der Waals surface area contributed by atoms with Gasteiger partial charge in [0.2, 0.25) is 0 Å². The Morgan fingerprint density at radius 3 is 2.80 bits per heavy atom. The standard InChI is InChI=1S/C10H14N2O3/c1-3-4-12-10(15)8(6-9(13)14)5-7(2)11-12/h5H,3-4,6H2,1-2H3,(H,13,14). The average Bonchev–Trinajstić information content (AvgIpc) is 2.12. The zero-order valence-corrected chi connectivity index (χ0v) is 8.86. The molecule has 1 aromatic heterocycles. The van der Waals surface area contributed by atoms with Crippen LogP contribution in [0.3, 0.4) is 0 Å². The molecule has 0 aromatic carbocycles. The number of hydrogen-bond acceptors (Lipinski definition) is 3. The molecule has 0 saturated heterocycles. The maximum absolute atomic E-state index is 11.7. The molecule has 0 amide bonds. The van der Waals surface area contributed by atoms with Crippen molar-refractivity contribution in [2.45, 2.75) is 33.2 Å². The van der Waals surface area contributed by atoms with Crippen LogP contribution in [0.4, 0.5) is 0 Å². The number of carbonyl (C=O) groups is 1. The lowest BCUT2D eigenvalue weighted by molar-refractivity contribution is -0.136. The fraction of sp³-hybridized carbons (Fsp3) is 0.500. The van der Waals surface area contributed by atoms with Gasteiger partial charge in [0.05, 0.1) is 12.1 Å². The number of aliphatic carboxylic acids is 1. The molecule has 15 heavy (non-hydrogen) atoms. The van der Waals surface area contributed by atoms with Crippen LogP contribution >= 0.6 is 0 Å². The van der Waals surface area contributed by atoms with Gasteiger partial charge >= 0.3 is 5.97 Å². The van der Waals surface area contributed by atoms with E-state index in [4.69, 9.17) is 5.11 Å². The lowest BCUT2D eigenvalue weighted by Crippen LogP contribution is -2.28. The Balaban J connectivity index is 3.16. The second kappa shape index (κ2) is 4.72. The van der Waals surface area contributed by atoms with Crippen molar-refractivity contribution in [3.05, 3.63) is 27.7 Å². The van der Waals surface area contributed by atoms with Crippen LogP contribution in [0.2, 0.25) is 0 Å². The molecule has 1 N–H and O–H groups in total. The molecule has 0 atom stereocenters. The molecule has 0 saturated carbocycles. The number of aryl methyl sites for hydroxylation is 2. The molecule has 1 aromatic rings. The summed E-state index contributed by atoms with van der Waals surface area (Å²) in [4.78, 5) is 22.2. The van der Waals surface area contributed by atoms with E-state index in [1.807, 2.05) is 6.92 Å². The van der Waals surface area contributed by atoms with Crippen molar-refractivity contribution < 1.29 is 9.90 Å². The number of carboxylic acid groups (broad SMARTS) is 1. The van der Waals surface area contributed by atoms with Crippen molar-refractivity contribution in [3.8, 4) is 0 Å². The molecule has 0 radical (unpaired) electrons. The van der Waals surface area contributed by atoms with Gasteiger partial charge in [-0.15, -0.1) is 0 Å². The van der Waals surface area contributed by atoms with Crippen molar-refractivity contribution in [2.75, 3.05) is 0 Å². The molecular formula is C10H14N2O3. The number of rotatable bonds is 4. The molecule has 0 bridgehead atoms. The van der Waals surface area contributed by atoms with E-state index >= 15 is 0 Å². The van der Waals surface area contributed by atoms with Crippen LogP contribution in [-0.2, 0) is 17.8 Å². The Hall–Kier alpha value is -1.65. The van der Waals surface area contributed by atoms with Crippen LogP contribution in [0.1, 0.15) is 24.6 Å². The number of hydrogen-bond donors (Lipinski definition) is 1. The lowest BCUT2D eigenvalue weighted by atomic mass is 10.2. The molecule has 5 heteroatoms. The highest BCUT2D eigenvalue weighted by atomic mass is 16.4. The molecule has 5 nitrogen and oxygen atoms in total. The first kappa shape index (κ1) is 11.4. The predicted molar refractivity (Wildman–Crippen MR) is 54.9 cm³/mol. The third-order valence-electron chi connectivity index (χ3n) is 1.95. The van der Waals surface area contributed by atoms with E-state index in [0.29, 0.717) is 17.8 Å². The largest absolute Gasteiger partial charge is 0.481 e. The topological polar surface area (TPSA) is 72.2 Å². The third kappa shape index (κ3) is 2.90. The molecule has 0 aliphatic heterocycles. The summed E-state index contributed by atoms with van der Waals surface area (Å²) in [5.41, 5.74) is 0.660. The van der Waals surface area contributed by atoms with Crippen LogP contribution in [0.15, 0.2) is 10.9 Å². The van der Waals surface area contributed by atoms with Gasteiger partial charge in [0, 0.05) is 12.1 Å². The highest BCUT2D eigenvalue weighted by molar-refractivity contribution is 5.69. The fourth-order valence-electron chi connectivity index (χ4n) is 1.40. The SMILES string of the molecule is CCCn1nc(C)cc(CC(=O)O)c1=O. The van der Waals surface area contributed by atoms with E-state index in [2.05, 4.69) is 5.10 Å². The fourth-order valence-corrected chi connectivity index (χ4v) is 1.40. The normalized spacial score (nSPS) is 10.3. The molecule has 0 aliphatic rings. The smallest absolute Gasteiger partial charge is 0.308 e. The van der Waals surface area contributed by atoms with Gasteiger partial charge in [0.25, 0.3) is 5.56 Å². The van der Waals surface area contributed by atoms with E-state index in [0.717, 1.165) is 6.42 Å². The van der Waals surface area contributed by atoms with Crippen molar-refractivity contribution >= 4 is 5.97 Å². The van der Waals surface area contributed by atoms with Gasteiger partial charge in [-0.3, -0.25) is 9.59 Å². The molecule has 1 heterocycles. The van der Waals surface area contributed by atoms with E-state index in [1.165, 1.54) is 10.7 Å². The highest BCUT2D eigenvalue weighted by Gasteiger charge is 2.09. The first-order valence-corrected chi connectivity index (χ1v) is 4.84. The Bertz CT molecular complexity index is 423. The lowest BCUT2D eigenvalue weighted by Gasteiger charge is -2.06. The Morgan fingerprint density at radius 1 is 1.60 bits per heavy atom. The van der Waals surface area contributed by atoms with Crippen LogP contribution < -0.4 is 5.56 Å². The average molecular weight is 210 g/mol. The van der Waals surface area contributed by atoms with Crippen LogP contribution in [-0.4, -0.2) is 20.9 Å². The van der Waals surface area contributed by atoms with E-state index in [1.54, 1.807) is 6.92 Å². The number of aromatic nitrogens is 2. The second-order valence-corrected chi connectivity index (χ2v) is 3.41. The van der Waals surface area contributed by atoms with Crippen LogP contribution in [0.5, 0.6) is 0 Å². The summed E-state index contributed by atoms with van der Waals surface area (Å²) in [5, 5.41) is 12.7. The van der Waals surface area contributed by atoms with Crippen molar-refractivity contribution in [1.82, 2.24) is 9.78 Å². The van der Waals surface area contributed by atoms with Crippen molar-refractivity contribution in [2.24, 2.45) is 0 Å². The zero-order chi connectivity index (χ0) is 11.4. The Morgan fingerprint density at radius 2 is 2.27 bits per heavy atom. The van der Waals surface area contributed by atoms with Gasteiger partial charge in [0.15, 0.2) is 0 Å². The van der Waals surface area contributed by atoms with Crippen LogP contribution in [0.25, 0.3) is 0 Å². The molecule has 1 rings (SSSR count). The summed E-state index contributed by atoms with van der Waals surface area (Å²) < 4.78 is 1.33. The Kier molecular flexibility index (Phi) is 3.60. The van der Waals surface area contributed by atoms with E-state index < -0.39 is 5.97 Å². The van der Waals surface area contributed by atoms with Gasteiger partial charge in [0.1, 0.15) is 0 Å². The maximum atomic E-state index is 11.7. The third-order valence-corrected chi connectivity index (χ3v) is 1.95. The van der Waals surface area contributed by atoms with Crippen molar-refractivity contribution in [3.63, 3.8) is 0 Å². The van der Waals surface area contributed by atoms with E-state index in [-0.39, 0.29) is 12.0 Å². The Labute approximate surface area is 87.4 Å². The first-order chi connectivity index (χ1) is 7.04. The summed E-state index contributed by atoms with van der Waals surface area (Å²) in [6.07, 6.45) is 0.550. The van der Waals surface area contributed by atoms with Gasteiger partial charge in [-0.2, -0.15) is 5.10 Å². The summed E-state index contributed by atoms with van der Waals surface area (Å²) in [5.74, 6) is -0.999. The second-order valence-electron chi connectivity index (χ2n) is 3.41. The maximum Gasteiger partial charge on any atom is 0.308 e. The summed E-state index contributed by atoms with van der Waals surface area (Å²) in [6, 6.07) is 1.53. The summed E-state index contributed by atoms with van der Waals surface area (Å²) in [7, 11) is 0. The van der Waals surface area contributed by atoms with Gasteiger partial charge in [-0.1, -0.05) is 6.92 Å². The minimum Gasteiger partial charge on any atom is -0.481 e. The van der Waals surface area contributed by atoms with Crippen LogP contribution in [0, 0.1) is 6.92 Å². The monoisotopic (exact) mass is 210 g/mol. The zero-order valence-electron chi connectivity index (χ0n) is 8.86. The van der Waals surface area contributed by atoms with Crippen molar-refractivity contribution in [1.29, 1.82) is 0 Å². The van der Waals surface area contributed by atoms with Gasteiger partial charge < -0.3 is 5.11 Å². The minimum absolute atomic E-state index is 0.244. The molecular weight excluding hydrogens is 196 g/mol. The van der Waals surface area contributed by atoms with Gasteiger partial charge in [-0.05, 0) is 19.4 Å². The predicted octanol–water partition coefficient (Wildman–Crippen LogP) is 0.589. The highest BCUT2D eigenvalue weighted by Crippen LogP contribution is 1.97. The molecule has 82 valence electrons. The number of nitrogens with zero attached hydrogens (tertiary/aromatic N) is 2. The molecule has 0 unspecified atom stereocenters. The number of carboxylic acids is 1. The quantitative estimate of drug-likeness (QED) is 0.789. The molecule has 0 fully saturated rings. The van der Waals surface area contributed by atoms with Gasteiger partial charge in [-0.25, -0.2) is 4.68 Å². The summed E-state index contributed by atoms with van der Waals surface area (Å²) in [6.45, 7) is 4.21. The summed E-state index contributed by atoms with van der Waals surface area (Å²) >= 11 is 0. The molecule has 0 spiro atoms.